The topological polar surface area (TPSA) is 48.5 Å². The van der Waals surface area contributed by atoms with E-state index >= 15 is 0 Å². The molecule has 1 aliphatic rings. The Kier molecular flexibility index (Phi) is 1.81. The summed E-state index contributed by atoms with van der Waals surface area (Å²) in [6.07, 6.45) is 4.82. The van der Waals surface area contributed by atoms with Crippen LogP contribution in [0.1, 0.15) is 19.8 Å². The van der Waals surface area contributed by atoms with Gasteiger partial charge in [0, 0.05) is 18.9 Å². The SMILES string of the molecule is CCCC1(C#N)N=CC=N1. The predicted molar refractivity (Wildman–Crippen MR) is 40.2 cm³/mol. The van der Waals surface area contributed by atoms with Crippen LogP contribution in [0, 0.1) is 11.3 Å². The molecule has 0 radical (unpaired) electrons. The van der Waals surface area contributed by atoms with Crippen LogP contribution in [0.2, 0.25) is 0 Å². The Morgan fingerprint density at radius 1 is 1.50 bits per heavy atom. The summed E-state index contributed by atoms with van der Waals surface area (Å²) < 4.78 is 0. The summed E-state index contributed by atoms with van der Waals surface area (Å²) in [7, 11) is 0. The lowest BCUT2D eigenvalue weighted by Gasteiger charge is -2.10. The molecule has 0 saturated heterocycles. The quantitative estimate of drug-likeness (QED) is 0.560. The zero-order valence-electron chi connectivity index (χ0n) is 5.91. The van der Waals surface area contributed by atoms with Gasteiger partial charge in [0.15, 0.2) is 0 Å². The molecular formula is C7H9N3. The summed E-state index contributed by atoms with van der Waals surface area (Å²) in [5.74, 6) is 0. The normalized spacial score (nSPS) is 19.2. The Bertz CT molecular complexity index is 197. The van der Waals surface area contributed by atoms with E-state index in [0.717, 1.165) is 12.8 Å². The molecule has 3 nitrogen and oxygen atoms in total. The molecule has 1 heterocycles. The number of rotatable bonds is 2. The maximum absolute atomic E-state index is 8.67. The average molecular weight is 135 g/mol. The first kappa shape index (κ1) is 6.94. The van der Waals surface area contributed by atoms with Crippen LogP contribution >= 0.6 is 0 Å². The second-order valence-corrected chi connectivity index (χ2v) is 2.23. The highest BCUT2D eigenvalue weighted by Crippen LogP contribution is 2.20. The number of nitriles is 1. The highest BCUT2D eigenvalue weighted by Gasteiger charge is 2.27. The highest BCUT2D eigenvalue weighted by atomic mass is 15.1. The molecule has 10 heavy (non-hydrogen) atoms. The van der Waals surface area contributed by atoms with Gasteiger partial charge in [0.2, 0.25) is 5.66 Å². The van der Waals surface area contributed by atoms with Gasteiger partial charge in [-0.2, -0.15) is 5.26 Å². The minimum atomic E-state index is -0.769. The molecule has 0 atom stereocenters. The van der Waals surface area contributed by atoms with Gasteiger partial charge in [0.1, 0.15) is 6.07 Å². The first-order valence-electron chi connectivity index (χ1n) is 3.33. The number of hydrogen-bond donors (Lipinski definition) is 0. The van der Waals surface area contributed by atoms with Crippen molar-refractivity contribution in [3.63, 3.8) is 0 Å². The van der Waals surface area contributed by atoms with E-state index in [1.54, 1.807) is 12.4 Å². The van der Waals surface area contributed by atoms with E-state index in [-0.39, 0.29) is 0 Å². The van der Waals surface area contributed by atoms with Gasteiger partial charge in [-0.3, -0.25) is 0 Å². The van der Waals surface area contributed by atoms with E-state index < -0.39 is 5.66 Å². The Morgan fingerprint density at radius 2 is 2.10 bits per heavy atom. The van der Waals surface area contributed by atoms with E-state index in [4.69, 9.17) is 5.26 Å². The standard InChI is InChI=1S/C7H9N3/c1-2-3-7(6-8)9-4-5-10-7/h4-5H,2-3H2,1H3. The molecule has 0 amide bonds. The van der Waals surface area contributed by atoms with E-state index in [9.17, 15) is 0 Å². The van der Waals surface area contributed by atoms with Crippen molar-refractivity contribution in [2.24, 2.45) is 9.98 Å². The molecule has 0 aliphatic carbocycles. The molecule has 0 unspecified atom stereocenters. The first-order valence-corrected chi connectivity index (χ1v) is 3.33. The van der Waals surface area contributed by atoms with Gasteiger partial charge in [-0.15, -0.1) is 0 Å². The molecule has 1 aliphatic heterocycles. The lowest BCUT2D eigenvalue weighted by molar-refractivity contribution is 0.529. The third-order valence-corrected chi connectivity index (χ3v) is 1.42. The largest absolute Gasteiger partial charge is 0.248 e. The Labute approximate surface area is 60.1 Å². The maximum Gasteiger partial charge on any atom is 0.236 e. The van der Waals surface area contributed by atoms with E-state index in [1.807, 2.05) is 6.92 Å². The van der Waals surface area contributed by atoms with Crippen molar-refractivity contribution in [3.05, 3.63) is 0 Å². The van der Waals surface area contributed by atoms with Gasteiger partial charge in [-0.25, -0.2) is 9.98 Å². The molecule has 1 rings (SSSR count). The highest BCUT2D eigenvalue weighted by molar-refractivity contribution is 6.17. The van der Waals surface area contributed by atoms with Crippen molar-refractivity contribution in [3.8, 4) is 6.07 Å². The summed E-state index contributed by atoms with van der Waals surface area (Å²) in [5, 5.41) is 8.67. The number of hydrogen-bond acceptors (Lipinski definition) is 3. The van der Waals surface area contributed by atoms with E-state index in [2.05, 4.69) is 16.1 Å². The first-order chi connectivity index (χ1) is 4.83. The van der Waals surface area contributed by atoms with Crippen LogP contribution in [0.5, 0.6) is 0 Å². The van der Waals surface area contributed by atoms with Crippen molar-refractivity contribution in [2.45, 2.75) is 25.4 Å². The fourth-order valence-corrected chi connectivity index (χ4v) is 0.938. The molecule has 3 heteroatoms. The van der Waals surface area contributed by atoms with Gasteiger partial charge in [0.25, 0.3) is 0 Å². The molecule has 0 spiro atoms. The lowest BCUT2D eigenvalue weighted by atomic mass is 10.1. The van der Waals surface area contributed by atoms with Crippen LogP contribution in [-0.4, -0.2) is 18.1 Å². The van der Waals surface area contributed by atoms with Gasteiger partial charge < -0.3 is 0 Å². The summed E-state index contributed by atoms with van der Waals surface area (Å²) in [4.78, 5) is 7.93. The summed E-state index contributed by atoms with van der Waals surface area (Å²) in [6.45, 7) is 2.02. The molecular weight excluding hydrogens is 126 g/mol. The molecule has 0 bridgehead atoms. The fourth-order valence-electron chi connectivity index (χ4n) is 0.938. The van der Waals surface area contributed by atoms with E-state index in [0.29, 0.717) is 0 Å². The van der Waals surface area contributed by atoms with Crippen LogP contribution in [0.25, 0.3) is 0 Å². The average Bonchev–Trinajstić information content (AvgIpc) is 2.39. The van der Waals surface area contributed by atoms with Crippen molar-refractivity contribution in [1.29, 1.82) is 5.26 Å². The fraction of sp³-hybridized carbons (Fsp3) is 0.571. The summed E-state index contributed by atoms with van der Waals surface area (Å²) in [5.41, 5.74) is -0.769. The lowest BCUT2D eigenvalue weighted by Crippen LogP contribution is -2.17. The summed E-state index contributed by atoms with van der Waals surface area (Å²) >= 11 is 0. The Morgan fingerprint density at radius 3 is 2.50 bits per heavy atom. The maximum atomic E-state index is 8.67. The zero-order chi connectivity index (χ0) is 7.45. The van der Waals surface area contributed by atoms with Crippen LogP contribution in [0.3, 0.4) is 0 Å². The third kappa shape index (κ3) is 1.06. The van der Waals surface area contributed by atoms with Gasteiger partial charge in [-0.05, 0) is 0 Å². The van der Waals surface area contributed by atoms with Gasteiger partial charge >= 0.3 is 0 Å². The molecule has 0 saturated carbocycles. The minimum absolute atomic E-state index is 0.719. The van der Waals surface area contributed by atoms with Crippen molar-refractivity contribution >= 4 is 12.4 Å². The minimum Gasteiger partial charge on any atom is -0.248 e. The molecule has 0 fully saturated rings. The molecule has 0 N–H and O–H groups in total. The van der Waals surface area contributed by atoms with Crippen LogP contribution in [0.4, 0.5) is 0 Å². The van der Waals surface area contributed by atoms with E-state index in [1.165, 1.54) is 0 Å². The van der Waals surface area contributed by atoms with Gasteiger partial charge in [-0.1, -0.05) is 13.3 Å². The second-order valence-electron chi connectivity index (χ2n) is 2.23. The smallest absolute Gasteiger partial charge is 0.236 e. The van der Waals surface area contributed by atoms with Crippen molar-refractivity contribution < 1.29 is 0 Å². The third-order valence-electron chi connectivity index (χ3n) is 1.42. The predicted octanol–water partition coefficient (Wildman–Crippen LogP) is 1.16. The van der Waals surface area contributed by atoms with Crippen LogP contribution in [0.15, 0.2) is 9.98 Å². The molecule has 0 aromatic rings. The molecule has 0 aromatic heterocycles. The monoisotopic (exact) mass is 135 g/mol. The Hall–Kier alpha value is -1.17. The van der Waals surface area contributed by atoms with Gasteiger partial charge in [0.05, 0.1) is 0 Å². The van der Waals surface area contributed by atoms with Crippen LogP contribution in [-0.2, 0) is 0 Å². The number of aliphatic imine (C=N–C) groups is 2. The van der Waals surface area contributed by atoms with Crippen molar-refractivity contribution in [2.75, 3.05) is 0 Å². The van der Waals surface area contributed by atoms with Crippen LogP contribution < -0.4 is 0 Å². The summed E-state index contributed by atoms with van der Waals surface area (Å²) in [6, 6.07) is 2.08. The molecule has 0 aromatic carbocycles. The number of nitrogens with zero attached hydrogens (tertiary/aromatic N) is 3. The zero-order valence-corrected chi connectivity index (χ0v) is 5.91. The molecule has 52 valence electrons. The Balaban J connectivity index is 2.72. The second kappa shape index (κ2) is 2.61. The van der Waals surface area contributed by atoms with Crippen molar-refractivity contribution in [1.82, 2.24) is 0 Å².